The largest absolute Gasteiger partial charge is 0.427 e. The normalized spacial score (nSPS) is 11.8. The van der Waals surface area contributed by atoms with Crippen LogP contribution in [0.25, 0.3) is 10.9 Å². The maximum atomic E-state index is 10.9. The lowest BCUT2D eigenvalue weighted by molar-refractivity contribution is -0.131. The number of esters is 1. The zero-order valence-corrected chi connectivity index (χ0v) is 10.6. The molecule has 1 aromatic carbocycles. The minimum Gasteiger partial charge on any atom is -0.427 e. The smallest absolute Gasteiger partial charge is 0.308 e. The summed E-state index contributed by atoms with van der Waals surface area (Å²) in [6.07, 6.45) is 2.02. The van der Waals surface area contributed by atoms with Crippen LogP contribution in [0.5, 0.6) is 5.75 Å². The molecule has 0 fully saturated rings. The molecule has 0 aliphatic rings. The van der Waals surface area contributed by atoms with E-state index in [-0.39, 0.29) is 11.4 Å². The lowest BCUT2D eigenvalue weighted by Gasteiger charge is -2.17. The fourth-order valence-corrected chi connectivity index (χ4v) is 1.95. The summed E-state index contributed by atoms with van der Waals surface area (Å²) in [6.45, 7) is 7.89. The Morgan fingerprint density at radius 1 is 1.29 bits per heavy atom. The quantitative estimate of drug-likeness (QED) is 0.603. The van der Waals surface area contributed by atoms with Crippen molar-refractivity contribution in [2.24, 2.45) is 0 Å². The zero-order chi connectivity index (χ0) is 12.6. The monoisotopic (exact) mass is 231 g/mol. The van der Waals surface area contributed by atoms with E-state index in [1.807, 2.05) is 18.3 Å². The van der Waals surface area contributed by atoms with Gasteiger partial charge in [0.1, 0.15) is 5.75 Å². The zero-order valence-electron chi connectivity index (χ0n) is 10.6. The molecular weight excluding hydrogens is 214 g/mol. The summed E-state index contributed by atoms with van der Waals surface area (Å²) in [7, 11) is 0. The van der Waals surface area contributed by atoms with E-state index < -0.39 is 0 Å². The molecule has 0 radical (unpaired) electrons. The van der Waals surface area contributed by atoms with Crippen LogP contribution in [0, 0.1) is 0 Å². The van der Waals surface area contributed by atoms with Gasteiger partial charge in [0.2, 0.25) is 0 Å². The topological polar surface area (TPSA) is 42.1 Å². The van der Waals surface area contributed by atoms with Crippen molar-refractivity contribution in [1.29, 1.82) is 0 Å². The number of benzene rings is 1. The Bertz CT molecular complexity index is 561. The maximum absolute atomic E-state index is 10.9. The highest BCUT2D eigenvalue weighted by Crippen LogP contribution is 2.32. The maximum Gasteiger partial charge on any atom is 0.308 e. The minimum absolute atomic E-state index is 0.0626. The lowest BCUT2D eigenvalue weighted by Crippen LogP contribution is -2.10. The van der Waals surface area contributed by atoms with Crippen molar-refractivity contribution in [3.8, 4) is 5.75 Å². The number of H-pyrrole nitrogens is 1. The van der Waals surface area contributed by atoms with E-state index >= 15 is 0 Å². The second kappa shape index (κ2) is 3.91. The Morgan fingerprint density at radius 3 is 2.59 bits per heavy atom. The predicted octanol–water partition coefficient (Wildman–Crippen LogP) is 3.39. The van der Waals surface area contributed by atoms with Gasteiger partial charge in [0.15, 0.2) is 0 Å². The standard InChI is InChI=1S/C14H17NO2/c1-9(16)17-10-5-6-13-11(7-10)12(8-15-13)14(2,3)4/h5-8,15H,1-4H3. The summed E-state index contributed by atoms with van der Waals surface area (Å²) in [5, 5.41) is 1.11. The van der Waals surface area contributed by atoms with Crippen LogP contribution in [-0.4, -0.2) is 11.0 Å². The third-order valence-corrected chi connectivity index (χ3v) is 2.72. The number of aromatic amines is 1. The molecule has 2 aromatic rings. The van der Waals surface area contributed by atoms with Crippen LogP contribution in [0.3, 0.4) is 0 Å². The van der Waals surface area contributed by atoms with Gasteiger partial charge in [-0.1, -0.05) is 20.8 Å². The van der Waals surface area contributed by atoms with Crippen LogP contribution >= 0.6 is 0 Å². The molecule has 3 heteroatoms. The van der Waals surface area contributed by atoms with E-state index in [1.54, 1.807) is 6.07 Å². The van der Waals surface area contributed by atoms with Crippen molar-refractivity contribution in [2.75, 3.05) is 0 Å². The summed E-state index contributed by atoms with van der Waals surface area (Å²) in [5.41, 5.74) is 2.35. The Morgan fingerprint density at radius 2 is 2.00 bits per heavy atom. The third-order valence-electron chi connectivity index (χ3n) is 2.72. The molecule has 1 heterocycles. The number of nitrogens with one attached hydrogen (secondary N) is 1. The van der Waals surface area contributed by atoms with Crippen molar-refractivity contribution in [3.63, 3.8) is 0 Å². The first-order valence-electron chi connectivity index (χ1n) is 5.68. The number of hydrogen-bond donors (Lipinski definition) is 1. The minimum atomic E-state index is -0.294. The Kier molecular flexibility index (Phi) is 2.69. The van der Waals surface area contributed by atoms with Gasteiger partial charge in [-0.3, -0.25) is 4.79 Å². The van der Waals surface area contributed by atoms with E-state index in [4.69, 9.17) is 4.74 Å². The van der Waals surface area contributed by atoms with Gasteiger partial charge in [-0.15, -0.1) is 0 Å². The van der Waals surface area contributed by atoms with E-state index in [2.05, 4.69) is 25.8 Å². The average Bonchev–Trinajstić information content (AvgIpc) is 2.58. The number of aromatic nitrogens is 1. The van der Waals surface area contributed by atoms with Crippen LogP contribution in [0.15, 0.2) is 24.4 Å². The Labute approximate surface area is 101 Å². The summed E-state index contributed by atoms with van der Waals surface area (Å²) in [6, 6.07) is 5.64. The highest BCUT2D eigenvalue weighted by atomic mass is 16.5. The van der Waals surface area contributed by atoms with E-state index in [0.717, 1.165) is 10.9 Å². The molecule has 90 valence electrons. The highest BCUT2D eigenvalue weighted by Gasteiger charge is 2.18. The van der Waals surface area contributed by atoms with Gasteiger partial charge in [-0.25, -0.2) is 0 Å². The van der Waals surface area contributed by atoms with E-state index in [9.17, 15) is 4.79 Å². The predicted molar refractivity (Wildman–Crippen MR) is 68.3 cm³/mol. The van der Waals surface area contributed by atoms with Gasteiger partial charge < -0.3 is 9.72 Å². The number of rotatable bonds is 1. The number of carbonyl (C=O) groups excluding carboxylic acids is 1. The number of carbonyl (C=O) groups is 1. The van der Waals surface area contributed by atoms with Crippen LogP contribution < -0.4 is 4.74 Å². The average molecular weight is 231 g/mol. The fraction of sp³-hybridized carbons (Fsp3) is 0.357. The molecule has 0 amide bonds. The Hall–Kier alpha value is -1.77. The van der Waals surface area contributed by atoms with Crippen molar-refractivity contribution in [3.05, 3.63) is 30.0 Å². The van der Waals surface area contributed by atoms with Crippen LogP contribution in [-0.2, 0) is 10.2 Å². The molecule has 2 rings (SSSR count). The molecule has 0 saturated carbocycles. The van der Waals surface area contributed by atoms with Crippen LogP contribution in [0.2, 0.25) is 0 Å². The summed E-state index contributed by atoms with van der Waals surface area (Å²) < 4.78 is 5.11. The second-order valence-electron chi connectivity index (χ2n) is 5.25. The fourth-order valence-electron chi connectivity index (χ4n) is 1.95. The SMILES string of the molecule is CC(=O)Oc1ccc2[nH]cc(C(C)(C)C)c2c1. The molecular formula is C14H17NO2. The first kappa shape index (κ1) is 11.7. The number of fused-ring (bicyclic) bond motifs is 1. The molecule has 0 aliphatic carbocycles. The number of ether oxygens (including phenoxy) is 1. The van der Waals surface area contributed by atoms with Crippen LogP contribution in [0.4, 0.5) is 0 Å². The van der Waals surface area contributed by atoms with Gasteiger partial charge in [-0.2, -0.15) is 0 Å². The van der Waals surface area contributed by atoms with Gasteiger partial charge >= 0.3 is 5.97 Å². The Balaban J connectivity index is 2.54. The molecule has 17 heavy (non-hydrogen) atoms. The number of hydrogen-bond acceptors (Lipinski definition) is 2. The molecule has 1 N–H and O–H groups in total. The lowest BCUT2D eigenvalue weighted by atomic mass is 9.87. The van der Waals surface area contributed by atoms with Crippen LogP contribution in [0.1, 0.15) is 33.3 Å². The summed E-state index contributed by atoms with van der Waals surface area (Å²) >= 11 is 0. The van der Waals surface area contributed by atoms with Gasteiger partial charge in [0.25, 0.3) is 0 Å². The highest BCUT2D eigenvalue weighted by molar-refractivity contribution is 5.86. The van der Waals surface area contributed by atoms with Gasteiger partial charge in [0.05, 0.1) is 0 Å². The molecule has 0 unspecified atom stereocenters. The van der Waals surface area contributed by atoms with E-state index in [1.165, 1.54) is 12.5 Å². The second-order valence-corrected chi connectivity index (χ2v) is 5.25. The molecule has 1 aromatic heterocycles. The summed E-state index contributed by atoms with van der Waals surface area (Å²) in [5.74, 6) is 0.298. The molecule has 3 nitrogen and oxygen atoms in total. The summed E-state index contributed by atoms with van der Waals surface area (Å²) in [4.78, 5) is 14.2. The molecule has 0 spiro atoms. The van der Waals surface area contributed by atoms with Crippen molar-refractivity contribution >= 4 is 16.9 Å². The first-order valence-corrected chi connectivity index (χ1v) is 5.68. The molecule has 0 atom stereocenters. The van der Waals surface area contributed by atoms with Crippen molar-refractivity contribution < 1.29 is 9.53 Å². The van der Waals surface area contributed by atoms with Gasteiger partial charge in [0, 0.05) is 24.0 Å². The molecule has 0 bridgehead atoms. The molecule has 0 aliphatic heterocycles. The van der Waals surface area contributed by atoms with E-state index in [0.29, 0.717) is 5.75 Å². The molecule has 0 saturated heterocycles. The first-order chi connectivity index (χ1) is 7.88. The third kappa shape index (κ3) is 2.33. The van der Waals surface area contributed by atoms with Crippen molar-refractivity contribution in [2.45, 2.75) is 33.1 Å². The van der Waals surface area contributed by atoms with Crippen molar-refractivity contribution in [1.82, 2.24) is 4.98 Å². The van der Waals surface area contributed by atoms with Gasteiger partial charge in [-0.05, 0) is 29.2 Å².